The normalized spacial score (nSPS) is 11.2. The number of carbonyl (C=O) groups excluding carboxylic acids is 2. The topological polar surface area (TPSA) is 85.9 Å². The molecular formula is C19H22N2O5. The number of nitrogens with one attached hydrogen (secondary N) is 2. The van der Waals surface area contributed by atoms with E-state index in [1.165, 1.54) is 14.2 Å². The summed E-state index contributed by atoms with van der Waals surface area (Å²) in [5.41, 5.74) is 1.36. The fourth-order valence-corrected chi connectivity index (χ4v) is 2.40. The molecule has 0 aliphatic heterocycles. The lowest BCUT2D eigenvalue weighted by atomic mass is 10.1. The highest BCUT2D eigenvalue weighted by Crippen LogP contribution is 2.28. The average Bonchev–Trinajstić information content (AvgIpc) is 2.67. The van der Waals surface area contributed by atoms with Gasteiger partial charge in [0.2, 0.25) is 0 Å². The molecule has 0 saturated carbocycles. The molecule has 2 aromatic rings. The van der Waals surface area contributed by atoms with Gasteiger partial charge in [-0.2, -0.15) is 0 Å². The van der Waals surface area contributed by atoms with Gasteiger partial charge in [-0.3, -0.25) is 0 Å². The largest absolute Gasteiger partial charge is 0.497 e. The summed E-state index contributed by atoms with van der Waals surface area (Å²) in [6.45, 7) is 0. The van der Waals surface area contributed by atoms with Crippen LogP contribution in [-0.2, 0) is 16.0 Å². The summed E-state index contributed by atoms with van der Waals surface area (Å²) in [4.78, 5) is 24.3. The first-order valence-electron chi connectivity index (χ1n) is 7.98. The van der Waals surface area contributed by atoms with Crippen LogP contribution in [0.5, 0.6) is 11.5 Å². The Labute approximate surface area is 152 Å². The third-order valence-corrected chi connectivity index (χ3v) is 3.73. The van der Waals surface area contributed by atoms with Crippen LogP contribution in [0.25, 0.3) is 0 Å². The van der Waals surface area contributed by atoms with Crippen LogP contribution in [0, 0.1) is 0 Å². The van der Waals surface area contributed by atoms with E-state index >= 15 is 0 Å². The Hall–Kier alpha value is -3.22. The highest BCUT2D eigenvalue weighted by molar-refractivity contribution is 5.94. The molecular weight excluding hydrogens is 336 g/mol. The van der Waals surface area contributed by atoms with Gasteiger partial charge in [-0.1, -0.05) is 30.3 Å². The lowest BCUT2D eigenvalue weighted by molar-refractivity contribution is -0.142. The lowest BCUT2D eigenvalue weighted by Gasteiger charge is -2.18. The van der Waals surface area contributed by atoms with Gasteiger partial charge in [0.05, 0.1) is 27.0 Å². The van der Waals surface area contributed by atoms with E-state index in [2.05, 4.69) is 10.6 Å². The van der Waals surface area contributed by atoms with Crippen molar-refractivity contribution in [2.75, 3.05) is 26.6 Å². The van der Waals surface area contributed by atoms with Crippen LogP contribution in [0.2, 0.25) is 0 Å². The maximum absolute atomic E-state index is 12.3. The molecule has 7 heteroatoms. The lowest BCUT2D eigenvalue weighted by Crippen LogP contribution is -2.45. The molecule has 7 nitrogen and oxygen atoms in total. The van der Waals surface area contributed by atoms with Crippen LogP contribution in [-0.4, -0.2) is 39.4 Å². The maximum Gasteiger partial charge on any atom is 0.328 e. The Kier molecular flexibility index (Phi) is 6.84. The molecule has 2 aromatic carbocycles. The van der Waals surface area contributed by atoms with E-state index in [1.807, 2.05) is 30.3 Å². The van der Waals surface area contributed by atoms with Crippen molar-refractivity contribution in [1.29, 1.82) is 0 Å². The summed E-state index contributed by atoms with van der Waals surface area (Å²) in [7, 11) is 4.32. The summed E-state index contributed by atoms with van der Waals surface area (Å²) >= 11 is 0. The van der Waals surface area contributed by atoms with Crippen molar-refractivity contribution in [2.24, 2.45) is 0 Å². The first-order chi connectivity index (χ1) is 12.6. The molecule has 0 fully saturated rings. The van der Waals surface area contributed by atoms with Crippen LogP contribution in [0.3, 0.4) is 0 Å². The SMILES string of the molecule is COC(=O)[C@H](Cc1ccccc1)NC(=O)Nc1ccc(OC)cc1OC. The van der Waals surface area contributed by atoms with Crippen molar-refractivity contribution in [3.63, 3.8) is 0 Å². The highest BCUT2D eigenvalue weighted by Gasteiger charge is 2.22. The van der Waals surface area contributed by atoms with Gasteiger partial charge in [-0.15, -0.1) is 0 Å². The molecule has 1 atom stereocenters. The molecule has 26 heavy (non-hydrogen) atoms. The second-order valence-corrected chi connectivity index (χ2v) is 5.43. The number of amides is 2. The first kappa shape index (κ1) is 19.1. The van der Waals surface area contributed by atoms with Gasteiger partial charge in [-0.25, -0.2) is 9.59 Å². The predicted octanol–water partition coefficient (Wildman–Crippen LogP) is 2.61. The fraction of sp³-hybridized carbons (Fsp3) is 0.263. The minimum Gasteiger partial charge on any atom is -0.497 e. The third-order valence-electron chi connectivity index (χ3n) is 3.73. The average molecular weight is 358 g/mol. The number of anilines is 1. The van der Waals surface area contributed by atoms with Crippen LogP contribution >= 0.6 is 0 Å². The van der Waals surface area contributed by atoms with Crippen molar-refractivity contribution >= 4 is 17.7 Å². The number of esters is 1. The van der Waals surface area contributed by atoms with Crippen molar-refractivity contribution in [2.45, 2.75) is 12.5 Å². The van der Waals surface area contributed by atoms with Crippen molar-refractivity contribution in [3.05, 3.63) is 54.1 Å². The Morgan fingerprint density at radius 2 is 1.73 bits per heavy atom. The number of methoxy groups -OCH3 is 3. The summed E-state index contributed by atoms with van der Waals surface area (Å²) in [5.74, 6) is 0.521. The predicted molar refractivity (Wildman–Crippen MR) is 97.7 cm³/mol. The summed E-state index contributed by atoms with van der Waals surface area (Å²) in [6.07, 6.45) is 0.320. The molecule has 0 saturated heterocycles. The monoisotopic (exact) mass is 358 g/mol. The Balaban J connectivity index is 2.08. The molecule has 0 unspecified atom stereocenters. The summed E-state index contributed by atoms with van der Waals surface area (Å²) in [6, 6.07) is 13.0. The van der Waals surface area contributed by atoms with E-state index in [0.717, 1.165) is 5.56 Å². The minimum atomic E-state index is -0.813. The molecule has 2 amide bonds. The van der Waals surface area contributed by atoms with Crippen LogP contribution in [0.15, 0.2) is 48.5 Å². The summed E-state index contributed by atoms with van der Waals surface area (Å²) in [5, 5.41) is 5.30. The number of rotatable bonds is 7. The molecule has 0 aromatic heterocycles. The van der Waals surface area contributed by atoms with Crippen LogP contribution in [0.1, 0.15) is 5.56 Å². The zero-order valence-corrected chi connectivity index (χ0v) is 14.9. The Bertz CT molecular complexity index is 749. The molecule has 0 aliphatic rings. The van der Waals surface area contributed by atoms with Gasteiger partial charge in [0.25, 0.3) is 0 Å². The smallest absolute Gasteiger partial charge is 0.328 e. The number of hydrogen-bond donors (Lipinski definition) is 2. The Morgan fingerprint density at radius 3 is 2.35 bits per heavy atom. The van der Waals surface area contributed by atoms with Gasteiger partial charge in [-0.05, 0) is 17.7 Å². The molecule has 0 radical (unpaired) electrons. The van der Waals surface area contributed by atoms with E-state index in [4.69, 9.17) is 14.2 Å². The second-order valence-electron chi connectivity index (χ2n) is 5.43. The molecule has 0 spiro atoms. The van der Waals surface area contributed by atoms with Gasteiger partial charge in [0.15, 0.2) is 0 Å². The maximum atomic E-state index is 12.3. The van der Waals surface area contributed by atoms with E-state index in [1.54, 1.807) is 25.3 Å². The molecule has 2 N–H and O–H groups in total. The van der Waals surface area contributed by atoms with Crippen molar-refractivity contribution in [3.8, 4) is 11.5 Å². The van der Waals surface area contributed by atoms with Gasteiger partial charge >= 0.3 is 12.0 Å². The quantitative estimate of drug-likeness (QED) is 0.743. The fourth-order valence-electron chi connectivity index (χ4n) is 2.40. The van der Waals surface area contributed by atoms with E-state index in [9.17, 15) is 9.59 Å². The van der Waals surface area contributed by atoms with E-state index < -0.39 is 18.0 Å². The molecule has 0 heterocycles. The third kappa shape index (κ3) is 5.14. The van der Waals surface area contributed by atoms with Gasteiger partial charge in [0, 0.05) is 12.5 Å². The molecule has 0 aliphatic carbocycles. The standard InChI is InChI=1S/C19H22N2O5/c1-24-14-9-10-15(17(12-14)25-2)20-19(23)21-16(18(22)26-3)11-13-7-5-4-6-8-13/h4-10,12,16H,11H2,1-3H3,(H2,20,21,23)/t16-/m0/s1. The molecule has 2 rings (SSSR count). The Morgan fingerprint density at radius 1 is 1.00 bits per heavy atom. The minimum absolute atomic E-state index is 0.320. The molecule has 0 bridgehead atoms. The summed E-state index contributed by atoms with van der Waals surface area (Å²) < 4.78 is 15.2. The van der Waals surface area contributed by atoms with Crippen molar-refractivity contribution in [1.82, 2.24) is 5.32 Å². The number of ether oxygens (including phenoxy) is 3. The van der Waals surface area contributed by atoms with Crippen molar-refractivity contribution < 1.29 is 23.8 Å². The highest BCUT2D eigenvalue weighted by atomic mass is 16.5. The van der Waals surface area contributed by atoms with E-state index in [0.29, 0.717) is 23.6 Å². The van der Waals surface area contributed by atoms with Gasteiger partial charge < -0.3 is 24.8 Å². The molecule has 138 valence electrons. The second kappa shape index (κ2) is 9.31. The van der Waals surface area contributed by atoms with Crippen LogP contribution in [0.4, 0.5) is 10.5 Å². The first-order valence-corrected chi connectivity index (χ1v) is 7.98. The zero-order valence-electron chi connectivity index (χ0n) is 14.9. The number of urea groups is 1. The van der Waals surface area contributed by atoms with Crippen LogP contribution < -0.4 is 20.1 Å². The zero-order chi connectivity index (χ0) is 18.9. The number of benzene rings is 2. The van der Waals surface area contributed by atoms with Gasteiger partial charge in [0.1, 0.15) is 17.5 Å². The number of hydrogen-bond acceptors (Lipinski definition) is 5. The van der Waals surface area contributed by atoms with E-state index in [-0.39, 0.29) is 0 Å². The number of carbonyl (C=O) groups is 2.